The van der Waals surface area contributed by atoms with E-state index in [1.165, 1.54) is 6.42 Å². The Kier molecular flexibility index (Phi) is 8.54. The van der Waals surface area contributed by atoms with Gasteiger partial charge in [0.05, 0.1) is 29.0 Å². The van der Waals surface area contributed by atoms with Gasteiger partial charge in [0.15, 0.2) is 31.2 Å². The number of carbonyl (C=O) groups is 1. The van der Waals surface area contributed by atoms with Crippen LogP contribution in [0.3, 0.4) is 0 Å². The van der Waals surface area contributed by atoms with Crippen LogP contribution in [-0.2, 0) is 27.6 Å². The van der Waals surface area contributed by atoms with Crippen molar-refractivity contribution in [3.05, 3.63) is 29.8 Å². The molecule has 4 aromatic rings. The van der Waals surface area contributed by atoms with Gasteiger partial charge in [0.25, 0.3) is 0 Å². The van der Waals surface area contributed by atoms with E-state index in [1.54, 1.807) is 0 Å². The Bertz CT molecular complexity index is 1870. The molecule has 264 valence electrons. The minimum Gasteiger partial charge on any atom is -0.410 e. The molecule has 1 spiro atoms. The van der Waals surface area contributed by atoms with Crippen LogP contribution in [0.4, 0.5) is 0 Å². The van der Waals surface area contributed by atoms with Crippen LogP contribution in [0, 0.1) is 0 Å². The average molecular weight is 687 g/mol. The first-order chi connectivity index (χ1) is 23.1. The summed E-state index contributed by atoms with van der Waals surface area (Å²) in [7, 11) is 0.221. The number of nitrogens with zero attached hydrogens (tertiary/aromatic N) is 8. The highest BCUT2D eigenvalue weighted by atomic mass is 28.4. The standard InChI is InChI=1S/C37H54N8O3Si/c1-24(28-15-13-20-43(28)7)45-34-26(30(41-45)27-17-21-44(40-27)23-36(5,6)48-49(8,9)35(2,3)4)22-38-33(39-34)31-25-14-12-19-37(32(25)47-42-31)18-11-10-16-29(37)46/h17,21-22,24,28H,10-16,18-20,23H2,1-9H3/t24-,28-,37+/m0/s1. The summed E-state index contributed by atoms with van der Waals surface area (Å²) >= 11 is 0. The largest absolute Gasteiger partial charge is 0.410 e. The van der Waals surface area contributed by atoms with Crippen molar-refractivity contribution in [3.63, 3.8) is 0 Å². The second-order valence-corrected chi connectivity index (χ2v) is 21.8. The molecule has 7 rings (SSSR count). The van der Waals surface area contributed by atoms with Gasteiger partial charge >= 0.3 is 0 Å². The van der Waals surface area contributed by atoms with E-state index in [2.05, 4.69) is 76.4 Å². The molecule has 0 N–H and O–H groups in total. The monoisotopic (exact) mass is 686 g/mol. The molecule has 0 amide bonds. The van der Waals surface area contributed by atoms with Crippen LogP contribution in [0.25, 0.3) is 33.9 Å². The smallest absolute Gasteiger partial charge is 0.192 e. The van der Waals surface area contributed by atoms with Crippen molar-refractivity contribution in [1.82, 2.24) is 39.6 Å². The van der Waals surface area contributed by atoms with Gasteiger partial charge < -0.3 is 13.8 Å². The molecule has 0 aromatic carbocycles. The van der Waals surface area contributed by atoms with Gasteiger partial charge in [-0.1, -0.05) is 32.3 Å². The van der Waals surface area contributed by atoms with Crippen LogP contribution in [0.15, 0.2) is 23.0 Å². The van der Waals surface area contributed by atoms with Crippen LogP contribution < -0.4 is 0 Å². The zero-order valence-corrected chi connectivity index (χ0v) is 32.0. The van der Waals surface area contributed by atoms with Gasteiger partial charge in [-0.05, 0) is 104 Å². The zero-order valence-electron chi connectivity index (χ0n) is 31.0. The van der Waals surface area contributed by atoms with Gasteiger partial charge in [-0.2, -0.15) is 10.2 Å². The highest BCUT2D eigenvalue weighted by Gasteiger charge is 2.49. The average Bonchev–Trinajstić information content (AvgIpc) is 3.83. The molecule has 4 aromatic heterocycles. The van der Waals surface area contributed by atoms with E-state index in [9.17, 15) is 4.79 Å². The third kappa shape index (κ3) is 6.01. The molecule has 3 atom stereocenters. The Morgan fingerprint density at radius 3 is 2.55 bits per heavy atom. The molecule has 5 heterocycles. The molecule has 0 bridgehead atoms. The molecule has 12 heteroatoms. The molecule has 1 saturated carbocycles. The maximum atomic E-state index is 13.3. The summed E-state index contributed by atoms with van der Waals surface area (Å²) in [5.74, 6) is 1.57. The fourth-order valence-electron chi connectivity index (χ4n) is 8.43. The van der Waals surface area contributed by atoms with Crippen molar-refractivity contribution in [2.75, 3.05) is 13.6 Å². The summed E-state index contributed by atoms with van der Waals surface area (Å²) in [6, 6.07) is 2.46. The normalized spacial score (nSPS) is 23.1. The lowest BCUT2D eigenvalue weighted by Crippen LogP contribution is -2.49. The number of rotatable bonds is 8. The van der Waals surface area contributed by atoms with Crippen LogP contribution in [0.2, 0.25) is 18.1 Å². The molecular weight excluding hydrogens is 633 g/mol. The Hall–Kier alpha value is -3.22. The topological polar surface area (TPSA) is 117 Å². The predicted octanol–water partition coefficient (Wildman–Crippen LogP) is 7.52. The number of hydrogen-bond acceptors (Lipinski definition) is 9. The molecule has 1 aliphatic heterocycles. The lowest BCUT2D eigenvalue weighted by molar-refractivity contribution is -0.128. The third-order valence-corrected chi connectivity index (χ3v) is 16.7. The molecule has 0 radical (unpaired) electrons. The first-order valence-corrected chi connectivity index (χ1v) is 21.2. The molecule has 1 saturated heterocycles. The van der Waals surface area contributed by atoms with Crippen LogP contribution >= 0.6 is 0 Å². The molecular formula is C37H54N8O3Si. The Morgan fingerprint density at radius 2 is 1.84 bits per heavy atom. The lowest BCUT2D eigenvalue weighted by atomic mass is 9.64. The van der Waals surface area contributed by atoms with Crippen molar-refractivity contribution in [3.8, 4) is 22.9 Å². The van der Waals surface area contributed by atoms with Crippen LogP contribution in [-0.4, -0.2) is 78.9 Å². The minimum atomic E-state index is -1.97. The summed E-state index contributed by atoms with van der Waals surface area (Å²) in [6.07, 6.45) is 12.2. The second-order valence-electron chi connectivity index (χ2n) is 17.1. The number of fused-ring (bicyclic) bond motifs is 3. The summed E-state index contributed by atoms with van der Waals surface area (Å²) in [4.78, 5) is 25.8. The lowest BCUT2D eigenvalue weighted by Gasteiger charge is -2.42. The number of ketones is 1. The minimum absolute atomic E-state index is 0.0832. The Morgan fingerprint density at radius 1 is 1.06 bits per heavy atom. The first kappa shape index (κ1) is 34.2. The van der Waals surface area contributed by atoms with Crippen molar-refractivity contribution in [2.45, 2.75) is 147 Å². The van der Waals surface area contributed by atoms with Crippen LogP contribution in [0.1, 0.15) is 110 Å². The molecule has 2 fully saturated rings. The van der Waals surface area contributed by atoms with Gasteiger partial charge in [-0.25, -0.2) is 14.6 Å². The summed E-state index contributed by atoms with van der Waals surface area (Å²) in [6.45, 7) is 19.6. The fraction of sp³-hybridized carbons (Fsp3) is 0.676. The number of likely N-dealkylation sites (N-methyl/N-ethyl adjacent to an activating group) is 1. The maximum Gasteiger partial charge on any atom is 0.192 e. The van der Waals surface area contributed by atoms with Crippen molar-refractivity contribution in [1.29, 1.82) is 0 Å². The van der Waals surface area contributed by atoms with Gasteiger partial charge in [0, 0.05) is 30.4 Å². The van der Waals surface area contributed by atoms with Gasteiger partial charge in [0.1, 0.15) is 17.2 Å². The number of Topliss-reactive ketones (excluding diaryl/α,β-unsaturated/α-hetero) is 1. The summed E-state index contributed by atoms with van der Waals surface area (Å²) < 4.78 is 16.9. The molecule has 0 unspecified atom stereocenters. The van der Waals surface area contributed by atoms with E-state index in [1.807, 2.05) is 23.1 Å². The Balaban J connectivity index is 1.26. The number of likely N-dealkylation sites (tertiary alicyclic amines) is 1. The van der Waals surface area contributed by atoms with Crippen LogP contribution in [0.5, 0.6) is 0 Å². The SMILES string of the molecule is C[C@@H]([C@@H]1CCCN1C)n1nc(-c2ccn(CC(C)(C)O[Si](C)(C)C(C)(C)C)n2)c2cnc(-c3noc4c3CCC[C@@]43CCCCC3=O)nc21. The van der Waals surface area contributed by atoms with E-state index >= 15 is 0 Å². The quantitative estimate of drug-likeness (QED) is 0.174. The third-order valence-electron chi connectivity index (χ3n) is 12.0. The highest BCUT2D eigenvalue weighted by molar-refractivity contribution is 6.74. The van der Waals surface area contributed by atoms with E-state index in [0.717, 1.165) is 85.2 Å². The van der Waals surface area contributed by atoms with Crippen molar-refractivity contribution in [2.24, 2.45) is 0 Å². The highest BCUT2D eigenvalue weighted by Crippen LogP contribution is 2.48. The summed E-state index contributed by atoms with van der Waals surface area (Å²) in [5.41, 5.74) is 3.04. The number of hydrogen-bond donors (Lipinski definition) is 0. The summed E-state index contributed by atoms with van der Waals surface area (Å²) in [5, 5.41) is 15.8. The molecule has 2 aliphatic carbocycles. The van der Waals surface area contributed by atoms with E-state index < -0.39 is 13.7 Å². The predicted molar refractivity (Wildman–Crippen MR) is 193 cm³/mol. The van der Waals surface area contributed by atoms with Gasteiger partial charge in [-0.15, -0.1) is 0 Å². The second kappa shape index (κ2) is 12.2. The Labute approximate surface area is 291 Å². The molecule has 3 aliphatic rings. The maximum absolute atomic E-state index is 13.3. The molecule has 11 nitrogen and oxygen atoms in total. The van der Waals surface area contributed by atoms with Gasteiger partial charge in [-0.3, -0.25) is 9.48 Å². The number of carbonyl (C=O) groups excluding carboxylic acids is 1. The van der Waals surface area contributed by atoms with Gasteiger partial charge in [0.2, 0.25) is 0 Å². The van der Waals surface area contributed by atoms with E-state index in [0.29, 0.717) is 36.3 Å². The fourth-order valence-corrected chi connectivity index (χ4v) is 10.2. The first-order valence-electron chi connectivity index (χ1n) is 18.3. The molecule has 49 heavy (non-hydrogen) atoms. The van der Waals surface area contributed by atoms with Crippen molar-refractivity contribution >= 4 is 25.1 Å². The van der Waals surface area contributed by atoms with Crippen molar-refractivity contribution < 1.29 is 13.7 Å². The zero-order chi connectivity index (χ0) is 34.9. The number of aromatic nitrogens is 7. The van der Waals surface area contributed by atoms with E-state index in [-0.39, 0.29) is 16.7 Å². The van der Waals surface area contributed by atoms with E-state index in [4.69, 9.17) is 29.1 Å².